The summed E-state index contributed by atoms with van der Waals surface area (Å²) in [5.41, 5.74) is 0. The molecule has 0 unspecified atom stereocenters. The van der Waals surface area contributed by atoms with E-state index in [-0.39, 0.29) is 31.1 Å². The molecule has 0 aliphatic carbocycles. The smallest absolute Gasteiger partial charge is 0.306 e. The van der Waals surface area contributed by atoms with Gasteiger partial charge >= 0.3 is 17.9 Å². The van der Waals surface area contributed by atoms with Gasteiger partial charge in [-0.25, -0.2) is 0 Å². The van der Waals surface area contributed by atoms with E-state index >= 15 is 0 Å². The Balaban J connectivity index is 4.49. The molecule has 0 aliphatic heterocycles. The summed E-state index contributed by atoms with van der Waals surface area (Å²) in [7, 11) is 0. The highest BCUT2D eigenvalue weighted by Gasteiger charge is 2.19. The van der Waals surface area contributed by atoms with Crippen LogP contribution in [0.2, 0.25) is 0 Å². The molecule has 0 saturated heterocycles. The van der Waals surface area contributed by atoms with Gasteiger partial charge in [-0.05, 0) is 122 Å². The Morgan fingerprint density at radius 1 is 0.313 bits per heavy atom. The molecule has 0 amide bonds. The van der Waals surface area contributed by atoms with Gasteiger partial charge in [0.15, 0.2) is 6.10 Å². The maximum Gasteiger partial charge on any atom is 0.306 e. The highest BCUT2D eigenvalue weighted by atomic mass is 16.6. The van der Waals surface area contributed by atoms with Crippen LogP contribution < -0.4 is 0 Å². The van der Waals surface area contributed by atoms with Crippen LogP contribution in [0.4, 0.5) is 0 Å². The molecule has 0 aromatic carbocycles. The average molecular weight is 931 g/mol. The summed E-state index contributed by atoms with van der Waals surface area (Å²) >= 11 is 0. The molecule has 0 heterocycles. The molecule has 0 saturated carbocycles. The van der Waals surface area contributed by atoms with Crippen LogP contribution >= 0.6 is 0 Å². The molecule has 0 spiro atoms. The fraction of sp³-hybridized carbons (Fsp3) is 0.689. The molecule has 0 N–H and O–H groups in total. The van der Waals surface area contributed by atoms with E-state index in [0.29, 0.717) is 19.3 Å². The Hall–Kier alpha value is -3.67. The van der Waals surface area contributed by atoms with E-state index < -0.39 is 6.10 Å². The van der Waals surface area contributed by atoms with Crippen molar-refractivity contribution < 1.29 is 28.6 Å². The van der Waals surface area contributed by atoms with E-state index in [1.165, 1.54) is 77.0 Å². The molecule has 0 aliphatic rings. The van der Waals surface area contributed by atoms with Gasteiger partial charge in [-0.1, -0.05) is 208 Å². The lowest BCUT2D eigenvalue weighted by molar-refractivity contribution is -0.167. The number of unbranched alkanes of at least 4 members (excludes halogenated alkanes) is 22. The second kappa shape index (κ2) is 54.9. The van der Waals surface area contributed by atoms with E-state index in [1.807, 2.05) is 0 Å². The number of hydrogen-bond acceptors (Lipinski definition) is 6. The highest BCUT2D eigenvalue weighted by Crippen LogP contribution is 2.13. The molecule has 382 valence electrons. The molecule has 6 heteroatoms. The second-order valence-corrected chi connectivity index (χ2v) is 18.1. The predicted octanol–water partition coefficient (Wildman–Crippen LogP) is 18.5. The normalized spacial score (nSPS) is 12.8. The third-order valence-electron chi connectivity index (χ3n) is 11.5. The second-order valence-electron chi connectivity index (χ2n) is 18.1. The number of hydrogen-bond donors (Lipinski definition) is 0. The van der Waals surface area contributed by atoms with Crippen LogP contribution in [0.5, 0.6) is 0 Å². The van der Waals surface area contributed by atoms with Gasteiger partial charge in [-0.2, -0.15) is 0 Å². The summed E-state index contributed by atoms with van der Waals surface area (Å²) in [5.74, 6) is -0.952. The Kier molecular flexibility index (Phi) is 51.9. The quantitative estimate of drug-likeness (QED) is 0.0262. The standard InChI is InChI=1S/C61H102O6/c1-4-7-10-13-16-19-22-25-28-30-33-35-38-41-44-47-50-53-59(62)65-56-58(67-61(64)55-52-49-46-43-40-37-32-27-24-21-18-15-12-9-6-3)57-66-60(63)54-51-48-45-42-39-36-34-31-29-26-23-20-17-14-11-8-5-2/h7,10,16-17,19-20,25-29,32-36,58H,4-6,8-9,11-15,18,21-24,30-31,37-57H2,1-3H3/b10-7-,19-16-,20-17-,28-25-,29-26-,32-27-,35-33-,36-34-/t58-/m1/s1. The minimum absolute atomic E-state index is 0.101. The monoisotopic (exact) mass is 931 g/mol. The van der Waals surface area contributed by atoms with E-state index in [1.54, 1.807) is 0 Å². The van der Waals surface area contributed by atoms with Gasteiger partial charge in [0.1, 0.15) is 13.2 Å². The first-order valence-electron chi connectivity index (χ1n) is 27.7. The highest BCUT2D eigenvalue weighted by molar-refractivity contribution is 5.71. The SMILES string of the molecule is CC/C=C\C/C=C\C/C=C\C/C=C\CCCCCCC(=O)OC[C@H](COC(=O)CCCCCC/C=C\C/C=C\C/C=C\CCCCC)OC(=O)CCCCCCC/C=C\CCCCCCCC. The summed E-state index contributed by atoms with van der Waals surface area (Å²) < 4.78 is 16.8. The maximum absolute atomic E-state index is 12.8. The van der Waals surface area contributed by atoms with Crippen LogP contribution in [0, 0.1) is 0 Å². The van der Waals surface area contributed by atoms with Crippen molar-refractivity contribution in [2.75, 3.05) is 13.2 Å². The van der Waals surface area contributed by atoms with Gasteiger partial charge in [-0.3, -0.25) is 14.4 Å². The lowest BCUT2D eigenvalue weighted by Crippen LogP contribution is -2.30. The largest absolute Gasteiger partial charge is 0.462 e. The zero-order valence-electron chi connectivity index (χ0n) is 43.6. The third-order valence-corrected chi connectivity index (χ3v) is 11.5. The molecule has 0 fully saturated rings. The van der Waals surface area contributed by atoms with Gasteiger partial charge < -0.3 is 14.2 Å². The van der Waals surface area contributed by atoms with Gasteiger partial charge in [-0.15, -0.1) is 0 Å². The van der Waals surface area contributed by atoms with Crippen LogP contribution in [0.1, 0.15) is 252 Å². The minimum Gasteiger partial charge on any atom is -0.462 e. The molecule has 1 atom stereocenters. The lowest BCUT2D eigenvalue weighted by atomic mass is 10.1. The lowest BCUT2D eigenvalue weighted by Gasteiger charge is -2.18. The molecular formula is C61H102O6. The van der Waals surface area contributed by atoms with E-state index in [4.69, 9.17) is 14.2 Å². The molecule has 0 aromatic rings. The molecule has 0 aromatic heterocycles. The topological polar surface area (TPSA) is 78.9 Å². The van der Waals surface area contributed by atoms with E-state index in [9.17, 15) is 14.4 Å². The summed E-state index contributed by atoms with van der Waals surface area (Å²) in [6.45, 7) is 6.45. The number of ether oxygens (including phenoxy) is 3. The Bertz CT molecular complexity index is 1350. The molecular weight excluding hydrogens is 829 g/mol. The Morgan fingerprint density at radius 2 is 0.582 bits per heavy atom. The minimum atomic E-state index is -0.803. The van der Waals surface area contributed by atoms with Gasteiger partial charge in [0.2, 0.25) is 0 Å². The van der Waals surface area contributed by atoms with Crippen molar-refractivity contribution in [1.82, 2.24) is 0 Å². The first kappa shape index (κ1) is 63.3. The molecule has 0 rings (SSSR count). The first-order chi connectivity index (χ1) is 33.0. The summed E-state index contributed by atoms with van der Waals surface area (Å²) in [5, 5.41) is 0. The maximum atomic E-state index is 12.8. The number of carbonyl (C=O) groups is 3. The number of esters is 3. The molecule has 0 radical (unpaired) electrons. The van der Waals surface area contributed by atoms with Gasteiger partial charge in [0.25, 0.3) is 0 Å². The van der Waals surface area contributed by atoms with Gasteiger partial charge in [0, 0.05) is 19.3 Å². The van der Waals surface area contributed by atoms with E-state index in [2.05, 4.69) is 118 Å². The number of allylic oxidation sites excluding steroid dienone is 16. The Morgan fingerprint density at radius 3 is 0.955 bits per heavy atom. The van der Waals surface area contributed by atoms with Crippen molar-refractivity contribution in [2.24, 2.45) is 0 Å². The van der Waals surface area contributed by atoms with Crippen LogP contribution in [0.15, 0.2) is 97.2 Å². The summed E-state index contributed by atoms with van der Waals surface area (Å²) in [6, 6.07) is 0. The number of rotatable bonds is 49. The van der Waals surface area contributed by atoms with Crippen molar-refractivity contribution >= 4 is 17.9 Å². The molecule has 67 heavy (non-hydrogen) atoms. The zero-order chi connectivity index (χ0) is 48.6. The zero-order valence-corrected chi connectivity index (χ0v) is 43.6. The van der Waals surface area contributed by atoms with Crippen molar-refractivity contribution in [3.63, 3.8) is 0 Å². The van der Waals surface area contributed by atoms with E-state index in [0.717, 1.165) is 135 Å². The fourth-order valence-corrected chi connectivity index (χ4v) is 7.37. The van der Waals surface area contributed by atoms with Crippen LogP contribution in [-0.2, 0) is 28.6 Å². The van der Waals surface area contributed by atoms with Crippen LogP contribution in [0.3, 0.4) is 0 Å². The Labute approximate surface area is 413 Å². The molecule has 6 nitrogen and oxygen atoms in total. The van der Waals surface area contributed by atoms with Crippen LogP contribution in [-0.4, -0.2) is 37.2 Å². The molecule has 0 bridgehead atoms. The number of carbonyl (C=O) groups excluding carboxylic acids is 3. The summed E-state index contributed by atoms with van der Waals surface area (Å²) in [6.07, 6.45) is 72.4. The van der Waals surface area contributed by atoms with Gasteiger partial charge in [0.05, 0.1) is 0 Å². The van der Waals surface area contributed by atoms with Crippen molar-refractivity contribution in [3.05, 3.63) is 97.2 Å². The van der Waals surface area contributed by atoms with Crippen LogP contribution in [0.25, 0.3) is 0 Å². The van der Waals surface area contributed by atoms with Crippen molar-refractivity contribution in [2.45, 2.75) is 258 Å². The van der Waals surface area contributed by atoms with Crippen molar-refractivity contribution in [3.8, 4) is 0 Å². The van der Waals surface area contributed by atoms with Crippen molar-refractivity contribution in [1.29, 1.82) is 0 Å². The predicted molar refractivity (Wildman–Crippen MR) is 288 cm³/mol. The first-order valence-corrected chi connectivity index (χ1v) is 27.7. The summed E-state index contributed by atoms with van der Waals surface area (Å²) in [4.78, 5) is 38.1. The third kappa shape index (κ3) is 53.2. The average Bonchev–Trinajstić information content (AvgIpc) is 3.33. The fourth-order valence-electron chi connectivity index (χ4n) is 7.37.